The average molecular weight is 285 g/mol. The Bertz CT molecular complexity index is 280. The van der Waals surface area contributed by atoms with Crippen molar-refractivity contribution in [1.82, 2.24) is 4.98 Å². The summed E-state index contributed by atoms with van der Waals surface area (Å²) in [6, 6.07) is 0. The summed E-state index contributed by atoms with van der Waals surface area (Å²) in [6.07, 6.45) is 1.43. The monoisotopic (exact) mass is 283 g/mol. The van der Waals surface area contributed by atoms with Gasteiger partial charge in [0.15, 0.2) is 5.82 Å². The Labute approximate surface area is 79.7 Å². The standard InChI is InChI=1S/C6H4Br2FNO/c7-4-1-10-6(8)5(9)3(4)2-11/h1,11H,2H2. The summed E-state index contributed by atoms with van der Waals surface area (Å²) in [6.45, 7) is -0.340. The molecule has 0 saturated carbocycles. The second kappa shape index (κ2) is 3.60. The van der Waals surface area contributed by atoms with E-state index in [-0.39, 0.29) is 16.8 Å². The molecule has 0 aliphatic rings. The van der Waals surface area contributed by atoms with Crippen molar-refractivity contribution in [1.29, 1.82) is 0 Å². The predicted octanol–water partition coefficient (Wildman–Crippen LogP) is 2.24. The fourth-order valence-electron chi connectivity index (χ4n) is 0.622. The third-order valence-corrected chi connectivity index (χ3v) is 2.42. The predicted molar refractivity (Wildman–Crippen MR) is 45.5 cm³/mol. The van der Waals surface area contributed by atoms with Crippen molar-refractivity contribution >= 4 is 31.9 Å². The minimum absolute atomic E-state index is 0.116. The fourth-order valence-corrected chi connectivity index (χ4v) is 1.37. The molecular formula is C6H4Br2FNO. The molecule has 0 spiro atoms. The van der Waals surface area contributed by atoms with Gasteiger partial charge < -0.3 is 5.11 Å². The summed E-state index contributed by atoms with van der Waals surface area (Å²) in [7, 11) is 0. The van der Waals surface area contributed by atoms with Crippen molar-refractivity contribution < 1.29 is 9.50 Å². The van der Waals surface area contributed by atoms with Gasteiger partial charge in [-0.15, -0.1) is 0 Å². The Morgan fingerprint density at radius 2 is 2.18 bits per heavy atom. The van der Waals surface area contributed by atoms with Crippen molar-refractivity contribution in [3.63, 3.8) is 0 Å². The van der Waals surface area contributed by atoms with E-state index in [1.54, 1.807) is 0 Å². The Morgan fingerprint density at radius 1 is 1.55 bits per heavy atom. The van der Waals surface area contributed by atoms with Gasteiger partial charge in [0.2, 0.25) is 0 Å². The van der Waals surface area contributed by atoms with Gasteiger partial charge in [0, 0.05) is 16.2 Å². The zero-order valence-corrected chi connectivity index (χ0v) is 8.48. The molecule has 2 nitrogen and oxygen atoms in total. The molecule has 0 aliphatic heterocycles. The maximum Gasteiger partial charge on any atom is 0.162 e. The van der Waals surface area contributed by atoms with Crippen LogP contribution in [0.25, 0.3) is 0 Å². The second-order valence-electron chi connectivity index (χ2n) is 1.85. The lowest BCUT2D eigenvalue weighted by atomic mass is 10.3. The van der Waals surface area contributed by atoms with E-state index in [0.29, 0.717) is 4.47 Å². The van der Waals surface area contributed by atoms with E-state index < -0.39 is 5.82 Å². The van der Waals surface area contributed by atoms with E-state index in [0.717, 1.165) is 0 Å². The van der Waals surface area contributed by atoms with E-state index in [2.05, 4.69) is 36.8 Å². The Kier molecular flexibility index (Phi) is 2.98. The van der Waals surface area contributed by atoms with Crippen LogP contribution in [0.4, 0.5) is 4.39 Å². The van der Waals surface area contributed by atoms with Crippen LogP contribution in [0, 0.1) is 5.82 Å². The number of halogens is 3. The van der Waals surface area contributed by atoms with E-state index in [1.807, 2.05) is 0 Å². The van der Waals surface area contributed by atoms with Crippen LogP contribution in [0.1, 0.15) is 5.56 Å². The number of rotatable bonds is 1. The molecule has 1 rings (SSSR count). The molecule has 0 fully saturated rings. The van der Waals surface area contributed by atoms with E-state index in [4.69, 9.17) is 5.11 Å². The van der Waals surface area contributed by atoms with Crippen molar-refractivity contribution in [2.24, 2.45) is 0 Å². The van der Waals surface area contributed by atoms with Crippen molar-refractivity contribution in [2.45, 2.75) is 6.61 Å². The van der Waals surface area contributed by atoms with Gasteiger partial charge >= 0.3 is 0 Å². The number of hydrogen-bond donors (Lipinski definition) is 1. The highest BCUT2D eigenvalue weighted by atomic mass is 79.9. The third-order valence-electron chi connectivity index (χ3n) is 1.18. The van der Waals surface area contributed by atoms with Crippen LogP contribution in [-0.4, -0.2) is 10.1 Å². The SMILES string of the molecule is OCc1c(Br)cnc(Br)c1F. The van der Waals surface area contributed by atoms with Crippen LogP contribution in [0.2, 0.25) is 0 Å². The summed E-state index contributed by atoms with van der Waals surface area (Å²) >= 11 is 5.96. The van der Waals surface area contributed by atoms with Crippen LogP contribution in [0.5, 0.6) is 0 Å². The number of aliphatic hydroxyl groups is 1. The molecule has 0 aliphatic carbocycles. The highest BCUT2D eigenvalue weighted by Crippen LogP contribution is 2.23. The number of pyridine rings is 1. The first kappa shape index (κ1) is 9.09. The van der Waals surface area contributed by atoms with Crippen molar-refractivity contribution in [2.75, 3.05) is 0 Å². The summed E-state index contributed by atoms with van der Waals surface area (Å²) in [5.41, 5.74) is 0.215. The average Bonchev–Trinajstić information content (AvgIpc) is 1.99. The zero-order valence-electron chi connectivity index (χ0n) is 5.31. The number of nitrogens with zero attached hydrogens (tertiary/aromatic N) is 1. The Balaban J connectivity index is 3.29. The minimum atomic E-state index is -0.526. The lowest BCUT2D eigenvalue weighted by Crippen LogP contribution is -1.94. The van der Waals surface area contributed by atoms with Gasteiger partial charge in [-0.2, -0.15) is 0 Å². The lowest BCUT2D eigenvalue weighted by molar-refractivity contribution is 0.274. The Hall–Kier alpha value is -0.000000000000000111. The van der Waals surface area contributed by atoms with Crippen molar-refractivity contribution in [3.05, 3.63) is 26.7 Å². The molecule has 0 amide bonds. The van der Waals surface area contributed by atoms with Gasteiger partial charge in [0.1, 0.15) is 4.60 Å². The van der Waals surface area contributed by atoms with Gasteiger partial charge in [-0.1, -0.05) is 0 Å². The third kappa shape index (κ3) is 1.77. The summed E-state index contributed by atoms with van der Waals surface area (Å²) in [4.78, 5) is 3.67. The highest BCUT2D eigenvalue weighted by Gasteiger charge is 2.09. The largest absolute Gasteiger partial charge is 0.392 e. The van der Waals surface area contributed by atoms with Crippen LogP contribution in [0.3, 0.4) is 0 Å². The van der Waals surface area contributed by atoms with E-state index >= 15 is 0 Å². The molecular weight excluding hydrogens is 281 g/mol. The first-order valence-electron chi connectivity index (χ1n) is 2.76. The normalized spacial score (nSPS) is 10.2. The lowest BCUT2D eigenvalue weighted by Gasteiger charge is -2.02. The van der Waals surface area contributed by atoms with Crippen LogP contribution in [0.15, 0.2) is 15.3 Å². The van der Waals surface area contributed by atoms with Gasteiger partial charge in [0.25, 0.3) is 0 Å². The van der Waals surface area contributed by atoms with Gasteiger partial charge in [-0.05, 0) is 31.9 Å². The summed E-state index contributed by atoms with van der Waals surface area (Å²) < 4.78 is 13.6. The zero-order chi connectivity index (χ0) is 8.43. The first-order valence-corrected chi connectivity index (χ1v) is 4.34. The fraction of sp³-hybridized carbons (Fsp3) is 0.167. The molecule has 1 N–H and O–H groups in total. The number of aromatic nitrogens is 1. The van der Waals surface area contributed by atoms with E-state index in [9.17, 15) is 4.39 Å². The van der Waals surface area contributed by atoms with Gasteiger partial charge in [-0.25, -0.2) is 9.37 Å². The van der Waals surface area contributed by atoms with Gasteiger partial charge in [-0.3, -0.25) is 0 Å². The molecule has 0 radical (unpaired) electrons. The topological polar surface area (TPSA) is 33.1 Å². The first-order chi connectivity index (χ1) is 5.16. The molecule has 5 heteroatoms. The number of aliphatic hydroxyl groups excluding tert-OH is 1. The molecule has 1 heterocycles. The van der Waals surface area contributed by atoms with Gasteiger partial charge in [0.05, 0.1) is 6.61 Å². The maximum atomic E-state index is 13.0. The smallest absolute Gasteiger partial charge is 0.162 e. The maximum absolute atomic E-state index is 13.0. The second-order valence-corrected chi connectivity index (χ2v) is 3.45. The number of hydrogen-bond acceptors (Lipinski definition) is 2. The molecule has 1 aromatic rings. The quantitative estimate of drug-likeness (QED) is 0.803. The van der Waals surface area contributed by atoms with Crippen LogP contribution in [-0.2, 0) is 6.61 Å². The molecule has 0 atom stereocenters. The molecule has 11 heavy (non-hydrogen) atoms. The highest BCUT2D eigenvalue weighted by molar-refractivity contribution is 9.11. The molecule has 0 saturated heterocycles. The molecule has 0 bridgehead atoms. The van der Waals surface area contributed by atoms with Crippen molar-refractivity contribution in [3.8, 4) is 0 Å². The summed E-state index contributed by atoms with van der Waals surface area (Å²) in [5.74, 6) is -0.526. The molecule has 60 valence electrons. The van der Waals surface area contributed by atoms with E-state index in [1.165, 1.54) is 6.20 Å². The molecule has 0 aromatic carbocycles. The molecule has 1 aromatic heterocycles. The molecule has 0 unspecified atom stereocenters. The minimum Gasteiger partial charge on any atom is -0.392 e. The van der Waals surface area contributed by atoms with Crippen LogP contribution < -0.4 is 0 Å². The Morgan fingerprint density at radius 3 is 2.64 bits per heavy atom. The van der Waals surface area contributed by atoms with Crippen LogP contribution >= 0.6 is 31.9 Å². The summed E-state index contributed by atoms with van der Waals surface area (Å²) in [5, 5.41) is 8.71.